The number of ether oxygens (including phenoxy) is 2. The van der Waals surface area contributed by atoms with Crippen molar-refractivity contribution < 1.29 is 19.7 Å². The lowest BCUT2D eigenvalue weighted by Gasteiger charge is -2.57. The standard InChI is InChI=1S/C31H41NO4/c1-5-13-30(34)15-11-25-23-10-14-29(33)20-31(35-17-18-36-31)16-12-26(29)27(23)24(19-28(25,30)2)21-6-8-22(9-7-21)32(3)4/h6-9,23-25,33-34H,10-12,14-20H2,1-4H3/t23-,24?,25?,28-,29+,30-/m0/s1. The molecule has 5 aliphatic rings. The summed E-state index contributed by atoms with van der Waals surface area (Å²) in [5, 5.41) is 24.0. The summed E-state index contributed by atoms with van der Waals surface area (Å²) in [4.78, 5) is 2.13. The summed E-state index contributed by atoms with van der Waals surface area (Å²) in [6, 6.07) is 8.91. The first-order valence-corrected chi connectivity index (χ1v) is 13.8. The second-order valence-corrected chi connectivity index (χ2v) is 12.4. The van der Waals surface area contributed by atoms with Crippen LogP contribution in [0.4, 0.5) is 5.69 Å². The van der Waals surface area contributed by atoms with E-state index in [0.29, 0.717) is 31.5 Å². The summed E-state index contributed by atoms with van der Waals surface area (Å²) in [5.74, 6) is 6.58. The third kappa shape index (κ3) is 3.45. The third-order valence-electron chi connectivity index (χ3n) is 10.5. The average molecular weight is 492 g/mol. The van der Waals surface area contributed by atoms with E-state index >= 15 is 0 Å². The number of rotatable bonds is 2. The second-order valence-electron chi connectivity index (χ2n) is 12.4. The summed E-state index contributed by atoms with van der Waals surface area (Å²) < 4.78 is 12.1. The van der Waals surface area contributed by atoms with E-state index in [9.17, 15) is 10.2 Å². The van der Waals surface area contributed by atoms with Crippen molar-refractivity contribution in [2.24, 2.45) is 17.3 Å². The first-order chi connectivity index (χ1) is 17.1. The Balaban J connectivity index is 1.48. The Kier molecular flexibility index (Phi) is 5.67. The van der Waals surface area contributed by atoms with Gasteiger partial charge in [0, 0.05) is 44.0 Å². The Morgan fingerprint density at radius 2 is 1.72 bits per heavy atom. The van der Waals surface area contributed by atoms with Gasteiger partial charge in [-0.3, -0.25) is 0 Å². The fourth-order valence-electron chi connectivity index (χ4n) is 8.73. The van der Waals surface area contributed by atoms with E-state index in [1.807, 2.05) is 6.92 Å². The number of hydrogen-bond donors (Lipinski definition) is 2. The minimum atomic E-state index is -0.958. The van der Waals surface area contributed by atoms with Crippen LogP contribution in [0.2, 0.25) is 0 Å². The van der Waals surface area contributed by atoms with Crippen molar-refractivity contribution in [2.45, 2.75) is 88.1 Å². The fourth-order valence-corrected chi connectivity index (χ4v) is 8.73. The molecular formula is C31H41NO4. The molecule has 0 bridgehead atoms. The van der Waals surface area contributed by atoms with Crippen LogP contribution < -0.4 is 4.90 Å². The molecule has 5 heteroatoms. The topological polar surface area (TPSA) is 62.2 Å². The Morgan fingerprint density at radius 1 is 1.00 bits per heavy atom. The zero-order valence-corrected chi connectivity index (χ0v) is 22.3. The summed E-state index contributed by atoms with van der Waals surface area (Å²) >= 11 is 0. The van der Waals surface area contributed by atoms with Gasteiger partial charge < -0.3 is 24.6 Å². The Bertz CT molecular complexity index is 1120. The molecule has 0 aromatic heterocycles. The first kappa shape index (κ1) is 24.5. The molecule has 3 saturated carbocycles. The van der Waals surface area contributed by atoms with Gasteiger partial charge in [0.2, 0.25) is 0 Å². The van der Waals surface area contributed by atoms with Crippen molar-refractivity contribution >= 4 is 5.69 Å². The molecule has 36 heavy (non-hydrogen) atoms. The molecule has 1 aromatic rings. The molecule has 194 valence electrons. The maximum absolute atomic E-state index is 12.1. The molecule has 6 atom stereocenters. The predicted molar refractivity (Wildman–Crippen MR) is 141 cm³/mol. The largest absolute Gasteiger partial charge is 0.385 e. The third-order valence-corrected chi connectivity index (χ3v) is 10.5. The molecule has 5 nitrogen and oxygen atoms in total. The minimum absolute atomic E-state index is 0.164. The van der Waals surface area contributed by atoms with Crippen LogP contribution in [0.15, 0.2) is 35.4 Å². The van der Waals surface area contributed by atoms with Crippen LogP contribution in [0.3, 0.4) is 0 Å². The molecule has 0 radical (unpaired) electrons. The van der Waals surface area contributed by atoms with Crippen LogP contribution in [0, 0.1) is 29.1 Å². The van der Waals surface area contributed by atoms with E-state index in [4.69, 9.17) is 9.47 Å². The lowest BCUT2D eigenvalue weighted by molar-refractivity contribution is -0.208. The number of fused-ring (bicyclic) bond motifs is 4. The van der Waals surface area contributed by atoms with E-state index in [-0.39, 0.29) is 11.3 Å². The number of allylic oxidation sites excluding steroid dienone is 1. The van der Waals surface area contributed by atoms with Gasteiger partial charge in [-0.25, -0.2) is 0 Å². The number of aliphatic hydroxyl groups is 2. The summed E-state index contributed by atoms with van der Waals surface area (Å²) in [6.07, 6.45) is 6.41. The van der Waals surface area contributed by atoms with E-state index in [0.717, 1.165) is 44.9 Å². The molecule has 2 unspecified atom stereocenters. The highest BCUT2D eigenvalue weighted by molar-refractivity contribution is 5.50. The van der Waals surface area contributed by atoms with Crippen molar-refractivity contribution in [3.05, 3.63) is 41.0 Å². The lowest BCUT2D eigenvalue weighted by Crippen LogP contribution is -2.55. The van der Waals surface area contributed by atoms with Gasteiger partial charge in [0.1, 0.15) is 5.60 Å². The quantitative estimate of drug-likeness (QED) is 0.461. The van der Waals surface area contributed by atoms with Crippen molar-refractivity contribution in [1.29, 1.82) is 0 Å². The van der Waals surface area contributed by atoms with Gasteiger partial charge >= 0.3 is 0 Å². The summed E-state index contributed by atoms with van der Waals surface area (Å²) in [7, 11) is 4.13. The molecule has 6 rings (SSSR count). The Morgan fingerprint density at radius 3 is 2.39 bits per heavy atom. The number of hydrogen-bond acceptors (Lipinski definition) is 5. The highest BCUT2D eigenvalue weighted by atomic mass is 16.7. The van der Waals surface area contributed by atoms with E-state index in [2.05, 4.69) is 62.0 Å². The van der Waals surface area contributed by atoms with Gasteiger partial charge in [-0.1, -0.05) is 30.6 Å². The van der Waals surface area contributed by atoms with Crippen molar-refractivity contribution in [2.75, 3.05) is 32.2 Å². The maximum atomic E-state index is 12.1. The van der Waals surface area contributed by atoms with Gasteiger partial charge in [-0.15, -0.1) is 5.92 Å². The maximum Gasteiger partial charge on any atom is 0.171 e. The van der Waals surface area contributed by atoms with Crippen LogP contribution >= 0.6 is 0 Å². The molecule has 4 fully saturated rings. The van der Waals surface area contributed by atoms with E-state index < -0.39 is 17.0 Å². The zero-order chi connectivity index (χ0) is 25.3. The summed E-state index contributed by atoms with van der Waals surface area (Å²) in [5.41, 5.74) is 3.04. The van der Waals surface area contributed by atoms with Crippen LogP contribution in [-0.2, 0) is 9.47 Å². The van der Waals surface area contributed by atoms with Crippen molar-refractivity contribution in [3.8, 4) is 11.8 Å². The molecule has 1 spiro atoms. The monoisotopic (exact) mass is 491 g/mol. The Hall–Kier alpha value is -1.84. The highest BCUT2D eigenvalue weighted by Gasteiger charge is 2.64. The highest BCUT2D eigenvalue weighted by Crippen LogP contribution is 2.67. The number of anilines is 1. The smallest absolute Gasteiger partial charge is 0.171 e. The van der Waals surface area contributed by atoms with E-state index in [1.54, 1.807) is 0 Å². The van der Waals surface area contributed by atoms with Gasteiger partial charge in [-0.05, 0) is 80.6 Å². The Labute approximate surface area is 215 Å². The molecule has 1 aliphatic heterocycles. The first-order valence-electron chi connectivity index (χ1n) is 13.8. The van der Waals surface area contributed by atoms with Crippen LogP contribution in [0.25, 0.3) is 0 Å². The number of nitrogens with zero attached hydrogens (tertiary/aromatic N) is 1. The van der Waals surface area contributed by atoms with Crippen LogP contribution in [0.1, 0.15) is 76.7 Å². The normalized spacial score (nSPS) is 40.8. The molecule has 1 heterocycles. The molecular weight excluding hydrogens is 450 g/mol. The molecule has 0 amide bonds. The van der Waals surface area contributed by atoms with Crippen LogP contribution in [0.5, 0.6) is 0 Å². The fraction of sp³-hybridized carbons (Fsp3) is 0.677. The van der Waals surface area contributed by atoms with Crippen LogP contribution in [-0.4, -0.2) is 54.5 Å². The van der Waals surface area contributed by atoms with E-state index in [1.165, 1.54) is 22.4 Å². The number of benzene rings is 1. The van der Waals surface area contributed by atoms with Gasteiger partial charge in [0.15, 0.2) is 5.79 Å². The SMILES string of the molecule is CC#C[C@]1(O)CCC2[C@@H]3CC[C@@]4(O)CC5(CCC4=C3C(c3ccc(N(C)C)cc3)C[C@@]21C)OCCO5. The molecule has 1 saturated heterocycles. The van der Waals surface area contributed by atoms with Gasteiger partial charge in [0.25, 0.3) is 0 Å². The van der Waals surface area contributed by atoms with Crippen molar-refractivity contribution in [3.63, 3.8) is 0 Å². The minimum Gasteiger partial charge on any atom is -0.385 e. The van der Waals surface area contributed by atoms with Gasteiger partial charge in [-0.2, -0.15) is 0 Å². The lowest BCUT2D eigenvalue weighted by atomic mass is 9.49. The molecule has 4 aliphatic carbocycles. The van der Waals surface area contributed by atoms with Gasteiger partial charge in [0.05, 0.1) is 18.8 Å². The second kappa shape index (κ2) is 8.33. The zero-order valence-electron chi connectivity index (χ0n) is 22.3. The summed E-state index contributed by atoms with van der Waals surface area (Å²) in [6.45, 7) is 5.36. The molecule has 1 aromatic carbocycles. The molecule has 2 N–H and O–H groups in total. The predicted octanol–water partition coefficient (Wildman–Crippen LogP) is 4.78. The average Bonchev–Trinajstić information content (AvgIpc) is 3.40. The van der Waals surface area contributed by atoms with Crippen molar-refractivity contribution in [1.82, 2.24) is 0 Å².